The molecule has 16 heavy (non-hydrogen) atoms. The largest absolute Gasteiger partial charge is 0.384 e. The summed E-state index contributed by atoms with van der Waals surface area (Å²) in [6.07, 6.45) is 3.21. The Balaban J connectivity index is 0.00000128. The molecule has 0 amide bonds. The van der Waals surface area contributed by atoms with E-state index in [4.69, 9.17) is 11.1 Å². The third-order valence-electron chi connectivity index (χ3n) is 2.01. The van der Waals surface area contributed by atoms with Crippen molar-refractivity contribution in [1.82, 2.24) is 9.78 Å². The van der Waals surface area contributed by atoms with E-state index in [-0.39, 0.29) is 18.2 Å². The number of rotatable bonds is 2. The summed E-state index contributed by atoms with van der Waals surface area (Å²) in [7, 11) is 0. The van der Waals surface area contributed by atoms with Crippen LogP contribution in [-0.2, 0) is 0 Å². The van der Waals surface area contributed by atoms with E-state index < -0.39 is 5.82 Å². The van der Waals surface area contributed by atoms with Crippen LogP contribution in [0, 0.1) is 11.2 Å². The number of halogens is 2. The van der Waals surface area contributed by atoms with E-state index in [1.54, 1.807) is 30.6 Å². The second-order valence-electron chi connectivity index (χ2n) is 3.03. The third-order valence-corrected chi connectivity index (χ3v) is 2.01. The second-order valence-corrected chi connectivity index (χ2v) is 3.03. The van der Waals surface area contributed by atoms with Gasteiger partial charge >= 0.3 is 0 Å². The van der Waals surface area contributed by atoms with Crippen molar-refractivity contribution in [2.45, 2.75) is 0 Å². The highest BCUT2D eigenvalue weighted by Crippen LogP contribution is 2.13. The molecule has 0 fully saturated rings. The first-order valence-corrected chi connectivity index (χ1v) is 4.32. The van der Waals surface area contributed by atoms with Crippen molar-refractivity contribution in [3.63, 3.8) is 0 Å². The summed E-state index contributed by atoms with van der Waals surface area (Å²) >= 11 is 0. The molecule has 0 spiro atoms. The highest BCUT2D eigenvalue weighted by atomic mass is 35.5. The van der Waals surface area contributed by atoms with Crippen LogP contribution in [0.2, 0.25) is 0 Å². The van der Waals surface area contributed by atoms with Crippen molar-refractivity contribution in [1.29, 1.82) is 5.41 Å². The topological polar surface area (TPSA) is 67.7 Å². The lowest BCUT2D eigenvalue weighted by atomic mass is 10.2. The van der Waals surface area contributed by atoms with Crippen molar-refractivity contribution in [3.05, 3.63) is 48.0 Å². The van der Waals surface area contributed by atoms with Gasteiger partial charge in [0.15, 0.2) is 0 Å². The predicted octanol–water partition coefficient (Wildman–Crippen LogP) is 1.72. The first kappa shape index (κ1) is 12.2. The van der Waals surface area contributed by atoms with E-state index in [2.05, 4.69) is 5.10 Å². The molecule has 1 heterocycles. The van der Waals surface area contributed by atoms with Gasteiger partial charge in [-0.1, -0.05) is 0 Å². The summed E-state index contributed by atoms with van der Waals surface area (Å²) in [6, 6.07) is 6.05. The Hall–Kier alpha value is -1.88. The van der Waals surface area contributed by atoms with Crippen LogP contribution in [0.25, 0.3) is 5.69 Å². The number of nitrogens with one attached hydrogen (secondary N) is 1. The van der Waals surface area contributed by atoms with E-state index in [1.165, 1.54) is 10.7 Å². The predicted molar refractivity (Wildman–Crippen MR) is 61.8 cm³/mol. The van der Waals surface area contributed by atoms with Gasteiger partial charge in [0.1, 0.15) is 17.3 Å². The second kappa shape index (κ2) is 4.76. The summed E-state index contributed by atoms with van der Waals surface area (Å²) in [5, 5.41) is 11.1. The van der Waals surface area contributed by atoms with E-state index in [1.807, 2.05) is 0 Å². The number of nitrogens with two attached hydrogens (primary N) is 1. The maximum atomic E-state index is 13.6. The highest BCUT2D eigenvalue weighted by Gasteiger charge is 2.06. The monoisotopic (exact) mass is 240 g/mol. The summed E-state index contributed by atoms with van der Waals surface area (Å²) in [5.74, 6) is -0.604. The van der Waals surface area contributed by atoms with E-state index in [0.717, 1.165) is 0 Å². The van der Waals surface area contributed by atoms with Crippen LogP contribution in [0.3, 0.4) is 0 Å². The zero-order valence-corrected chi connectivity index (χ0v) is 9.04. The van der Waals surface area contributed by atoms with Gasteiger partial charge in [0.2, 0.25) is 0 Å². The molecule has 1 aromatic heterocycles. The molecule has 2 rings (SSSR count). The normalized spacial score (nSPS) is 9.56. The van der Waals surface area contributed by atoms with Gasteiger partial charge < -0.3 is 5.73 Å². The number of hydrogen-bond donors (Lipinski definition) is 2. The minimum absolute atomic E-state index is 0. The number of amidine groups is 1. The zero-order valence-electron chi connectivity index (χ0n) is 8.22. The quantitative estimate of drug-likeness (QED) is 0.620. The maximum Gasteiger partial charge on any atom is 0.149 e. The molecular weight excluding hydrogens is 231 g/mol. The van der Waals surface area contributed by atoms with Crippen molar-refractivity contribution >= 4 is 18.2 Å². The number of aromatic nitrogens is 2. The molecule has 2 aromatic rings. The number of benzene rings is 1. The molecule has 0 atom stereocenters. The van der Waals surface area contributed by atoms with Gasteiger partial charge in [-0.15, -0.1) is 12.4 Å². The zero-order chi connectivity index (χ0) is 10.8. The van der Waals surface area contributed by atoms with Gasteiger partial charge in [0, 0.05) is 18.0 Å². The number of hydrogen-bond acceptors (Lipinski definition) is 2. The fourth-order valence-electron chi connectivity index (χ4n) is 1.27. The molecule has 0 saturated carbocycles. The van der Waals surface area contributed by atoms with Crippen LogP contribution in [0.15, 0.2) is 36.7 Å². The average Bonchev–Trinajstić information content (AvgIpc) is 2.70. The first-order chi connectivity index (χ1) is 7.18. The van der Waals surface area contributed by atoms with E-state index in [9.17, 15) is 4.39 Å². The van der Waals surface area contributed by atoms with Gasteiger partial charge in [-0.25, -0.2) is 9.07 Å². The van der Waals surface area contributed by atoms with Gasteiger partial charge in [-0.05, 0) is 24.3 Å². The van der Waals surface area contributed by atoms with Crippen LogP contribution in [-0.4, -0.2) is 15.6 Å². The number of nitrogens with zero attached hydrogens (tertiary/aromatic N) is 2. The smallest absolute Gasteiger partial charge is 0.149 e. The number of nitrogen functional groups attached to an aromatic ring is 1. The lowest BCUT2D eigenvalue weighted by Crippen LogP contribution is -2.12. The molecule has 84 valence electrons. The summed E-state index contributed by atoms with van der Waals surface area (Å²) in [5.41, 5.74) is 5.95. The van der Waals surface area contributed by atoms with Gasteiger partial charge in [0.25, 0.3) is 0 Å². The van der Waals surface area contributed by atoms with Gasteiger partial charge in [0.05, 0.1) is 0 Å². The Morgan fingerprint density at radius 3 is 2.69 bits per heavy atom. The van der Waals surface area contributed by atoms with Crippen LogP contribution in [0.5, 0.6) is 0 Å². The van der Waals surface area contributed by atoms with Crippen molar-refractivity contribution in [2.75, 3.05) is 0 Å². The molecule has 6 heteroatoms. The standard InChI is InChI=1S/C10H9FN4.ClH/c11-8-6-7(10(12)13)2-3-9(8)15-5-1-4-14-15;/h1-6H,(H3,12,13);1H. The Morgan fingerprint density at radius 2 is 2.19 bits per heavy atom. The van der Waals surface area contributed by atoms with Gasteiger partial charge in [-0.2, -0.15) is 5.10 Å². The Morgan fingerprint density at radius 1 is 1.44 bits per heavy atom. The van der Waals surface area contributed by atoms with Crippen LogP contribution in [0.1, 0.15) is 5.56 Å². The highest BCUT2D eigenvalue weighted by molar-refractivity contribution is 5.95. The van der Waals surface area contributed by atoms with Crippen LogP contribution in [0.4, 0.5) is 4.39 Å². The van der Waals surface area contributed by atoms with Crippen molar-refractivity contribution < 1.29 is 4.39 Å². The molecule has 0 unspecified atom stereocenters. The third kappa shape index (κ3) is 2.20. The summed E-state index contributed by atoms with van der Waals surface area (Å²) in [4.78, 5) is 0. The molecule has 1 aromatic carbocycles. The summed E-state index contributed by atoms with van der Waals surface area (Å²) < 4.78 is 15.0. The molecule has 0 aliphatic carbocycles. The van der Waals surface area contributed by atoms with Crippen LogP contribution >= 0.6 is 12.4 Å². The molecule has 0 aliphatic rings. The molecule has 3 N–H and O–H groups in total. The minimum atomic E-state index is -0.452. The molecule has 0 aliphatic heterocycles. The Labute approximate surface area is 97.8 Å². The summed E-state index contributed by atoms with van der Waals surface area (Å²) in [6.45, 7) is 0. The fourth-order valence-corrected chi connectivity index (χ4v) is 1.27. The molecular formula is C10H10ClFN4. The van der Waals surface area contributed by atoms with E-state index >= 15 is 0 Å². The molecule has 0 bridgehead atoms. The van der Waals surface area contributed by atoms with Gasteiger partial charge in [-0.3, -0.25) is 5.41 Å². The van der Waals surface area contributed by atoms with Crippen molar-refractivity contribution in [2.24, 2.45) is 5.73 Å². The lowest BCUT2D eigenvalue weighted by Gasteiger charge is -2.04. The first-order valence-electron chi connectivity index (χ1n) is 4.32. The van der Waals surface area contributed by atoms with Crippen molar-refractivity contribution in [3.8, 4) is 5.69 Å². The van der Waals surface area contributed by atoms with E-state index in [0.29, 0.717) is 11.3 Å². The maximum absolute atomic E-state index is 13.6. The average molecular weight is 241 g/mol. The Bertz CT molecular complexity index is 496. The fraction of sp³-hybridized carbons (Fsp3) is 0. The van der Waals surface area contributed by atoms with Crippen LogP contribution < -0.4 is 5.73 Å². The molecule has 0 radical (unpaired) electrons. The molecule has 0 saturated heterocycles. The SMILES string of the molecule is Cl.N=C(N)c1ccc(-n2cccn2)c(F)c1. The molecule has 4 nitrogen and oxygen atoms in total. The minimum Gasteiger partial charge on any atom is -0.384 e. The Kier molecular flexibility index (Phi) is 3.63. The lowest BCUT2D eigenvalue weighted by molar-refractivity contribution is 0.610.